The van der Waals surface area contributed by atoms with Crippen molar-refractivity contribution in [2.24, 2.45) is 5.16 Å². The minimum absolute atomic E-state index is 0.0844. The second kappa shape index (κ2) is 4.41. The van der Waals surface area contributed by atoms with Gasteiger partial charge in [0.2, 0.25) is 0 Å². The summed E-state index contributed by atoms with van der Waals surface area (Å²) in [6.07, 6.45) is 0. The average Bonchev–Trinajstić information content (AvgIpc) is 2.60. The molecule has 0 saturated carbocycles. The highest BCUT2D eigenvalue weighted by molar-refractivity contribution is 7.92. The van der Waals surface area contributed by atoms with Crippen molar-refractivity contribution in [3.63, 3.8) is 0 Å². The minimum atomic E-state index is -3.46. The molecule has 96 valence electrons. The first-order valence-electron chi connectivity index (χ1n) is 5.05. The number of fused-ring (bicyclic) bond motifs is 1. The van der Waals surface area contributed by atoms with Crippen molar-refractivity contribution < 1.29 is 22.8 Å². The van der Waals surface area contributed by atoms with Crippen molar-refractivity contribution in [2.45, 2.75) is 4.90 Å². The number of carbonyl (C=O) groups excluding carboxylic acids is 1. The SMILES string of the molecule is CO/N=C1\CS(=O)(=O)c2cc(C(=O)OC)ccc21. The standard InChI is InChI=1S/C11H11NO5S/c1-16-11(13)7-3-4-8-9(12-17-2)6-18(14,15)10(8)5-7/h3-5H,6H2,1-2H3/b12-9+. The number of hydrogen-bond acceptors (Lipinski definition) is 6. The monoisotopic (exact) mass is 269 g/mol. The van der Waals surface area contributed by atoms with Gasteiger partial charge >= 0.3 is 5.97 Å². The fourth-order valence-corrected chi connectivity index (χ4v) is 3.34. The average molecular weight is 269 g/mol. The minimum Gasteiger partial charge on any atom is -0.465 e. The third-order valence-electron chi connectivity index (χ3n) is 2.58. The van der Waals surface area contributed by atoms with Gasteiger partial charge in [0.15, 0.2) is 9.84 Å². The van der Waals surface area contributed by atoms with Crippen LogP contribution in [0.3, 0.4) is 0 Å². The molecule has 18 heavy (non-hydrogen) atoms. The number of benzene rings is 1. The van der Waals surface area contributed by atoms with E-state index in [1.54, 1.807) is 0 Å². The highest BCUT2D eigenvalue weighted by Gasteiger charge is 2.33. The van der Waals surface area contributed by atoms with E-state index in [1.807, 2.05) is 0 Å². The van der Waals surface area contributed by atoms with E-state index in [0.717, 1.165) is 0 Å². The van der Waals surface area contributed by atoms with Crippen molar-refractivity contribution in [1.82, 2.24) is 0 Å². The molecule has 1 aromatic carbocycles. The molecule has 7 heteroatoms. The Bertz CT molecular complexity index is 633. The van der Waals surface area contributed by atoms with Crippen LogP contribution in [0.5, 0.6) is 0 Å². The normalized spacial score (nSPS) is 18.4. The van der Waals surface area contributed by atoms with Crippen molar-refractivity contribution >= 4 is 21.5 Å². The van der Waals surface area contributed by atoms with E-state index in [-0.39, 0.29) is 16.2 Å². The van der Waals surface area contributed by atoms with Gasteiger partial charge in [0.25, 0.3) is 0 Å². The molecule has 1 heterocycles. The molecule has 0 spiro atoms. The van der Waals surface area contributed by atoms with Gasteiger partial charge in [-0.3, -0.25) is 0 Å². The Labute approximate surface area is 104 Å². The zero-order chi connectivity index (χ0) is 13.3. The number of sulfone groups is 1. The zero-order valence-electron chi connectivity index (χ0n) is 9.84. The van der Waals surface area contributed by atoms with Crippen LogP contribution in [0, 0.1) is 0 Å². The third kappa shape index (κ3) is 1.97. The summed E-state index contributed by atoms with van der Waals surface area (Å²) < 4.78 is 28.4. The van der Waals surface area contributed by atoms with Gasteiger partial charge in [-0.05, 0) is 12.1 Å². The molecule has 0 bridgehead atoms. The summed E-state index contributed by atoms with van der Waals surface area (Å²) in [6, 6.07) is 4.33. The third-order valence-corrected chi connectivity index (χ3v) is 4.24. The lowest BCUT2D eigenvalue weighted by molar-refractivity contribution is 0.0600. The van der Waals surface area contributed by atoms with E-state index in [4.69, 9.17) is 0 Å². The maximum Gasteiger partial charge on any atom is 0.337 e. The van der Waals surface area contributed by atoms with Crippen LogP contribution >= 0.6 is 0 Å². The Morgan fingerprint density at radius 2 is 2.06 bits per heavy atom. The van der Waals surface area contributed by atoms with Crippen LogP contribution in [0.2, 0.25) is 0 Å². The Morgan fingerprint density at radius 1 is 1.33 bits per heavy atom. The first kappa shape index (κ1) is 12.6. The lowest BCUT2D eigenvalue weighted by Crippen LogP contribution is -2.05. The highest BCUT2D eigenvalue weighted by atomic mass is 32.2. The second-order valence-corrected chi connectivity index (χ2v) is 5.64. The van der Waals surface area contributed by atoms with E-state index >= 15 is 0 Å². The maximum atomic E-state index is 11.9. The van der Waals surface area contributed by atoms with E-state index in [0.29, 0.717) is 11.3 Å². The predicted molar refractivity (Wildman–Crippen MR) is 63.4 cm³/mol. The van der Waals surface area contributed by atoms with Gasteiger partial charge in [-0.1, -0.05) is 11.2 Å². The van der Waals surface area contributed by atoms with Crippen LogP contribution in [0.25, 0.3) is 0 Å². The Kier molecular flexibility index (Phi) is 3.08. The smallest absolute Gasteiger partial charge is 0.337 e. The summed E-state index contributed by atoms with van der Waals surface area (Å²) >= 11 is 0. The molecule has 0 amide bonds. The van der Waals surface area contributed by atoms with Crippen LogP contribution in [0.15, 0.2) is 28.3 Å². The summed E-state index contributed by atoms with van der Waals surface area (Å²) in [7, 11) is -0.874. The number of methoxy groups -OCH3 is 1. The molecular formula is C11H11NO5S. The van der Waals surface area contributed by atoms with Gasteiger partial charge in [-0.15, -0.1) is 0 Å². The summed E-state index contributed by atoms with van der Waals surface area (Å²) in [5.74, 6) is -0.800. The number of ether oxygens (including phenoxy) is 1. The molecule has 0 fully saturated rings. The molecule has 0 atom stereocenters. The summed E-state index contributed by atoms with van der Waals surface area (Å²) in [4.78, 5) is 16.1. The lowest BCUT2D eigenvalue weighted by atomic mass is 10.1. The lowest BCUT2D eigenvalue weighted by Gasteiger charge is -2.02. The molecule has 0 unspecified atom stereocenters. The van der Waals surface area contributed by atoms with Crippen molar-refractivity contribution in [3.8, 4) is 0 Å². The molecule has 1 aliphatic heterocycles. The zero-order valence-corrected chi connectivity index (χ0v) is 10.7. The van der Waals surface area contributed by atoms with Crippen molar-refractivity contribution in [1.29, 1.82) is 0 Å². The molecule has 0 N–H and O–H groups in total. The number of esters is 1. The van der Waals surface area contributed by atoms with Crippen LogP contribution in [0.4, 0.5) is 0 Å². The number of carbonyl (C=O) groups is 1. The molecule has 0 aliphatic carbocycles. The van der Waals surface area contributed by atoms with Gasteiger partial charge in [-0.2, -0.15) is 0 Å². The van der Waals surface area contributed by atoms with Gasteiger partial charge in [0.1, 0.15) is 18.6 Å². The first-order chi connectivity index (χ1) is 8.49. The van der Waals surface area contributed by atoms with Crippen LogP contribution in [0.1, 0.15) is 15.9 Å². The topological polar surface area (TPSA) is 82.0 Å². The van der Waals surface area contributed by atoms with E-state index in [1.165, 1.54) is 32.4 Å². The van der Waals surface area contributed by atoms with Gasteiger partial charge in [-0.25, -0.2) is 13.2 Å². The summed E-state index contributed by atoms with van der Waals surface area (Å²) in [6.45, 7) is 0. The predicted octanol–water partition coefficient (Wildman–Crippen LogP) is 0.611. The van der Waals surface area contributed by atoms with Crippen LogP contribution in [-0.4, -0.2) is 40.1 Å². The highest BCUT2D eigenvalue weighted by Crippen LogP contribution is 2.27. The Morgan fingerprint density at radius 3 is 2.67 bits per heavy atom. The molecular weight excluding hydrogens is 258 g/mol. The van der Waals surface area contributed by atoms with Gasteiger partial charge < -0.3 is 9.57 Å². The van der Waals surface area contributed by atoms with Gasteiger partial charge in [0, 0.05) is 5.56 Å². The second-order valence-electron chi connectivity index (χ2n) is 3.68. The molecule has 0 aromatic heterocycles. The van der Waals surface area contributed by atoms with E-state index in [9.17, 15) is 13.2 Å². The maximum absolute atomic E-state index is 11.9. The molecule has 1 aliphatic rings. The van der Waals surface area contributed by atoms with Crippen molar-refractivity contribution in [3.05, 3.63) is 29.3 Å². The molecule has 0 radical (unpaired) electrons. The van der Waals surface area contributed by atoms with E-state index in [2.05, 4.69) is 14.7 Å². The Hall–Kier alpha value is -1.89. The van der Waals surface area contributed by atoms with Crippen molar-refractivity contribution in [2.75, 3.05) is 20.0 Å². The first-order valence-corrected chi connectivity index (χ1v) is 6.70. The number of rotatable bonds is 2. The molecule has 0 saturated heterocycles. The quantitative estimate of drug-likeness (QED) is 0.580. The number of nitrogens with zero attached hydrogens (tertiary/aromatic N) is 1. The molecule has 6 nitrogen and oxygen atoms in total. The fraction of sp³-hybridized carbons (Fsp3) is 0.273. The number of hydrogen-bond donors (Lipinski definition) is 0. The molecule has 1 aromatic rings. The van der Waals surface area contributed by atoms with Crippen LogP contribution < -0.4 is 0 Å². The van der Waals surface area contributed by atoms with Crippen LogP contribution in [-0.2, 0) is 19.4 Å². The Balaban J connectivity index is 2.60. The number of oxime groups is 1. The summed E-state index contributed by atoms with van der Waals surface area (Å²) in [5, 5.41) is 3.68. The largest absolute Gasteiger partial charge is 0.465 e. The van der Waals surface area contributed by atoms with E-state index < -0.39 is 15.8 Å². The summed E-state index contributed by atoms with van der Waals surface area (Å²) in [5.41, 5.74) is 0.993. The van der Waals surface area contributed by atoms with Gasteiger partial charge in [0.05, 0.1) is 17.6 Å². The molecule has 2 rings (SSSR count). The fourth-order valence-electron chi connectivity index (χ4n) is 1.78.